The molecule has 0 unspecified atom stereocenters. The molecule has 25 heavy (non-hydrogen) atoms. The number of nitrogens with zero attached hydrogens (tertiary/aromatic N) is 2. The first-order chi connectivity index (χ1) is 11.9. The second-order valence-corrected chi connectivity index (χ2v) is 5.70. The summed E-state index contributed by atoms with van der Waals surface area (Å²) < 4.78 is 0. The molecular weight excluding hydrogens is 388 g/mol. The highest BCUT2D eigenvalue weighted by atomic mass is 79.9. The van der Waals surface area contributed by atoms with Crippen LogP contribution in [0.3, 0.4) is 0 Å². The molecular formula is C18H15BrN2O4. The Morgan fingerprint density at radius 1 is 1.20 bits per heavy atom. The summed E-state index contributed by atoms with van der Waals surface area (Å²) in [4.78, 5) is 35.9. The molecule has 0 atom stereocenters. The lowest BCUT2D eigenvalue weighted by atomic mass is 10.1. The number of rotatable bonds is 5. The summed E-state index contributed by atoms with van der Waals surface area (Å²) in [6, 6.07) is 13.0. The Labute approximate surface area is 153 Å². The lowest BCUT2D eigenvalue weighted by molar-refractivity contribution is -0.384. The first kappa shape index (κ1) is 18.5. The van der Waals surface area contributed by atoms with E-state index >= 15 is 0 Å². The molecule has 2 aromatic carbocycles. The van der Waals surface area contributed by atoms with Gasteiger partial charge in [-0.2, -0.15) is 0 Å². The quantitative estimate of drug-likeness (QED) is 0.326. The van der Waals surface area contributed by atoms with Gasteiger partial charge in [0.1, 0.15) is 0 Å². The Balaban J connectivity index is 2.31. The minimum Gasteiger partial charge on any atom is -0.274 e. The van der Waals surface area contributed by atoms with Gasteiger partial charge < -0.3 is 0 Å². The zero-order valence-electron chi connectivity index (χ0n) is 13.4. The fraction of sp³-hybridized carbons (Fsp3) is 0.111. The predicted molar refractivity (Wildman–Crippen MR) is 99.4 cm³/mol. The SMILES string of the molecule is CC(=O)N(C(=O)/C=C/c1cccc([N+](=O)[O-])c1)c1ccccc1CBr. The highest BCUT2D eigenvalue weighted by Crippen LogP contribution is 2.23. The predicted octanol–water partition coefficient (Wildman–Crippen LogP) is 4.08. The van der Waals surface area contributed by atoms with E-state index in [2.05, 4.69) is 15.9 Å². The summed E-state index contributed by atoms with van der Waals surface area (Å²) in [5.74, 6) is -0.936. The molecule has 2 amide bonds. The van der Waals surface area contributed by atoms with Crippen molar-refractivity contribution in [1.29, 1.82) is 0 Å². The van der Waals surface area contributed by atoms with Crippen molar-refractivity contribution >= 4 is 45.2 Å². The number of carbonyl (C=O) groups is 2. The fourth-order valence-corrected chi connectivity index (χ4v) is 2.74. The summed E-state index contributed by atoms with van der Waals surface area (Å²) in [6.45, 7) is 1.31. The topological polar surface area (TPSA) is 80.5 Å². The monoisotopic (exact) mass is 402 g/mol. The van der Waals surface area contributed by atoms with Crippen LogP contribution in [0, 0.1) is 10.1 Å². The fourth-order valence-electron chi connectivity index (χ4n) is 2.27. The summed E-state index contributed by atoms with van der Waals surface area (Å²) in [7, 11) is 0. The van der Waals surface area contributed by atoms with Gasteiger partial charge in [0.2, 0.25) is 5.91 Å². The van der Waals surface area contributed by atoms with E-state index in [1.54, 1.807) is 18.2 Å². The Bertz CT molecular complexity index is 848. The van der Waals surface area contributed by atoms with Crippen molar-refractivity contribution in [2.45, 2.75) is 12.3 Å². The highest BCUT2D eigenvalue weighted by molar-refractivity contribution is 9.08. The maximum absolute atomic E-state index is 12.5. The maximum atomic E-state index is 12.5. The van der Waals surface area contributed by atoms with Crippen LogP contribution in [-0.2, 0) is 14.9 Å². The number of amides is 2. The van der Waals surface area contributed by atoms with Crippen LogP contribution in [0.1, 0.15) is 18.1 Å². The summed E-state index contributed by atoms with van der Waals surface area (Å²) in [5, 5.41) is 11.3. The zero-order chi connectivity index (χ0) is 18.4. The van der Waals surface area contributed by atoms with Crippen molar-refractivity contribution < 1.29 is 14.5 Å². The number of para-hydroxylation sites is 1. The van der Waals surface area contributed by atoms with Gasteiger partial charge in [0.15, 0.2) is 0 Å². The van der Waals surface area contributed by atoms with Crippen molar-refractivity contribution in [2.75, 3.05) is 4.90 Å². The molecule has 128 valence electrons. The molecule has 0 saturated carbocycles. The highest BCUT2D eigenvalue weighted by Gasteiger charge is 2.20. The van der Waals surface area contributed by atoms with Crippen LogP contribution >= 0.6 is 15.9 Å². The molecule has 0 saturated heterocycles. The molecule has 0 N–H and O–H groups in total. The molecule has 6 nitrogen and oxygen atoms in total. The van der Waals surface area contributed by atoms with E-state index < -0.39 is 16.7 Å². The molecule has 0 bridgehead atoms. The third kappa shape index (κ3) is 4.60. The van der Waals surface area contributed by atoms with Gasteiger partial charge in [0.25, 0.3) is 11.6 Å². The van der Waals surface area contributed by atoms with Gasteiger partial charge in [-0.05, 0) is 23.3 Å². The minimum absolute atomic E-state index is 0.0670. The molecule has 2 rings (SSSR count). The molecule has 0 radical (unpaired) electrons. The molecule has 0 aromatic heterocycles. The number of halogens is 1. The molecule has 0 heterocycles. The van der Waals surface area contributed by atoms with Gasteiger partial charge >= 0.3 is 0 Å². The van der Waals surface area contributed by atoms with E-state index in [0.717, 1.165) is 10.5 Å². The number of nitro benzene ring substituents is 1. The lowest BCUT2D eigenvalue weighted by Gasteiger charge is -2.20. The largest absolute Gasteiger partial charge is 0.274 e. The van der Waals surface area contributed by atoms with Crippen LogP contribution in [0.2, 0.25) is 0 Å². The number of alkyl halides is 1. The second kappa shape index (κ2) is 8.34. The van der Waals surface area contributed by atoms with Crippen LogP contribution in [-0.4, -0.2) is 16.7 Å². The molecule has 0 aliphatic heterocycles. The number of imide groups is 1. The van der Waals surface area contributed by atoms with Crippen molar-refractivity contribution in [2.24, 2.45) is 0 Å². The van der Waals surface area contributed by atoms with E-state index in [9.17, 15) is 19.7 Å². The second-order valence-electron chi connectivity index (χ2n) is 5.14. The first-order valence-electron chi connectivity index (χ1n) is 7.35. The molecule has 7 heteroatoms. The van der Waals surface area contributed by atoms with E-state index in [1.807, 2.05) is 12.1 Å². The van der Waals surface area contributed by atoms with Crippen molar-refractivity contribution in [3.8, 4) is 0 Å². The van der Waals surface area contributed by atoms with E-state index in [4.69, 9.17) is 0 Å². The Hall–Kier alpha value is -2.80. The number of non-ortho nitro benzene ring substituents is 1. The lowest BCUT2D eigenvalue weighted by Crippen LogP contribution is -2.34. The van der Waals surface area contributed by atoms with Gasteiger partial charge in [-0.3, -0.25) is 19.7 Å². The molecule has 0 aliphatic rings. The third-order valence-corrected chi connectivity index (χ3v) is 4.02. The van der Waals surface area contributed by atoms with E-state index in [-0.39, 0.29) is 5.69 Å². The van der Waals surface area contributed by atoms with Gasteiger partial charge in [0.05, 0.1) is 10.6 Å². The molecule has 0 fully saturated rings. The zero-order valence-corrected chi connectivity index (χ0v) is 15.0. The van der Waals surface area contributed by atoms with E-state index in [1.165, 1.54) is 37.3 Å². The molecule has 2 aromatic rings. The Morgan fingerprint density at radius 3 is 2.56 bits per heavy atom. The Morgan fingerprint density at radius 2 is 1.92 bits per heavy atom. The number of benzene rings is 2. The molecule has 0 spiro atoms. The van der Waals surface area contributed by atoms with Crippen molar-refractivity contribution in [3.05, 3.63) is 75.8 Å². The van der Waals surface area contributed by atoms with Gasteiger partial charge in [-0.25, -0.2) is 4.90 Å². The summed E-state index contributed by atoms with van der Waals surface area (Å²) in [5.41, 5.74) is 1.73. The normalized spacial score (nSPS) is 10.6. The Kier molecular flexibility index (Phi) is 6.19. The average molecular weight is 403 g/mol. The number of nitro groups is 1. The van der Waals surface area contributed by atoms with Gasteiger partial charge in [-0.1, -0.05) is 46.3 Å². The standard InChI is InChI=1S/C18H15BrN2O4/c1-13(22)20(17-8-3-2-6-15(17)12-19)18(23)10-9-14-5-4-7-16(11-14)21(24)25/h2-11H,12H2,1H3/b10-9+. The maximum Gasteiger partial charge on any atom is 0.270 e. The number of anilines is 1. The average Bonchev–Trinajstić information content (AvgIpc) is 2.60. The van der Waals surface area contributed by atoms with Gasteiger partial charge in [0, 0.05) is 30.5 Å². The van der Waals surface area contributed by atoms with Gasteiger partial charge in [-0.15, -0.1) is 0 Å². The number of hydrogen-bond donors (Lipinski definition) is 0. The summed E-state index contributed by atoms with van der Waals surface area (Å²) >= 11 is 3.34. The van der Waals surface area contributed by atoms with Crippen LogP contribution in [0.5, 0.6) is 0 Å². The third-order valence-electron chi connectivity index (χ3n) is 3.41. The minimum atomic E-state index is -0.521. The van der Waals surface area contributed by atoms with Crippen LogP contribution in [0.15, 0.2) is 54.6 Å². The van der Waals surface area contributed by atoms with E-state index in [0.29, 0.717) is 16.6 Å². The smallest absolute Gasteiger partial charge is 0.270 e. The number of carbonyl (C=O) groups excluding carboxylic acids is 2. The van der Waals surface area contributed by atoms with Crippen LogP contribution in [0.4, 0.5) is 11.4 Å². The summed E-state index contributed by atoms with van der Waals surface area (Å²) in [6.07, 6.45) is 2.67. The van der Waals surface area contributed by atoms with Crippen LogP contribution < -0.4 is 4.90 Å². The van der Waals surface area contributed by atoms with Crippen LogP contribution in [0.25, 0.3) is 6.08 Å². The van der Waals surface area contributed by atoms with Crippen molar-refractivity contribution in [3.63, 3.8) is 0 Å². The first-order valence-corrected chi connectivity index (χ1v) is 8.47. The van der Waals surface area contributed by atoms with Crippen molar-refractivity contribution in [1.82, 2.24) is 0 Å². The number of hydrogen-bond acceptors (Lipinski definition) is 4. The molecule has 0 aliphatic carbocycles.